The normalized spacial score (nSPS) is 13.2. The predicted molar refractivity (Wildman–Crippen MR) is 104 cm³/mol. The lowest BCUT2D eigenvalue weighted by Gasteiger charge is -2.10. The quantitative estimate of drug-likeness (QED) is 0.618. The van der Waals surface area contributed by atoms with Crippen molar-refractivity contribution >= 4 is 34.4 Å². The van der Waals surface area contributed by atoms with Gasteiger partial charge in [-0.3, -0.25) is 4.79 Å². The fourth-order valence-corrected chi connectivity index (χ4v) is 4.81. The van der Waals surface area contributed by atoms with Gasteiger partial charge in [-0.1, -0.05) is 0 Å². The van der Waals surface area contributed by atoms with Gasteiger partial charge in [-0.25, -0.2) is 9.78 Å². The Hall–Kier alpha value is -2.55. The smallest absolute Gasteiger partial charge is 0.341 e. The van der Waals surface area contributed by atoms with Crippen LogP contribution in [0.25, 0.3) is 11.3 Å². The van der Waals surface area contributed by atoms with E-state index in [1.54, 1.807) is 35.6 Å². The number of nitrogens with zero attached hydrogens (tertiary/aromatic N) is 1. The van der Waals surface area contributed by atoms with E-state index in [9.17, 15) is 9.59 Å². The van der Waals surface area contributed by atoms with Gasteiger partial charge in [-0.15, -0.1) is 22.7 Å². The first-order chi connectivity index (χ1) is 13.1. The van der Waals surface area contributed by atoms with E-state index in [4.69, 9.17) is 9.84 Å². The summed E-state index contributed by atoms with van der Waals surface area (Å²) in [6.45, 7) is 1.39. The van der Waals surface area contributed by atoms with Crippen molar-refractivity contribution in [3.8, 4) is 17.0 Å². The molecule has 27 heavy (non-hydrogen) atoms. The van der Waals surface area contributed by atoms with E-state index in [1.165, 1.54) is 21.8 Å². The first-order valence-corrected chi connectivity index (χ1v) is 10.1. The third kappa shape index (κ3) is 3.92. The minimum atomic E-state index is -1.02. The molecule has 3 heterocycles. The van der Waals surface area contributed by atoms with Crippen LogP contribution in [-0.2, 0) is 17.8 Å². The second-order valence-electron chi connectivity index (χ2n) is 6.06. The van der Waals surface area contributed by atoms with Crippen molar-refractivity contribution in [2.45, 2.75) is 13.0 Å². The van der Waals surface area contributed by atoms with Gasteiger partial charge in [-0.05, 0) is 42.3 Å². The highest BCUT2D eigenvalue weighted by Crippen LogP contribution is 2.30. The van der Waals surface area contributed by atoms with Crippen LogP contribution >= 0.6 is 22.7 Å². The summed E-state index contributed by atoms with van der Waals surface area (Å²) in [6.07, 6.45) is 0.965. The minimum absolute atomic E-state index is 0.0351. The van der Waals surface area contributed by atoms with Crippen molar-refractivity contribution in [3.05, 3.63) is 56.0 Å². The fourth-order valence-electron chi connectivity index (χ4n) is 2.85. The first-order valence-electron chi connectivity index (χ1n) is 8.38. The van der Waals surface area contributed by atoms with Crippen molar-refractivity contribution in [2.24, 2.45) is 0 Å². The minimum Gasteiger partial charge on any atom is -0.482 e. The number of rotatable bonds is 6. The molecule has 8 heteroatoms. The summed E-state index contributed by atoms with van der Waals surface area (Å²) < 4.78 is 5.12. The van der Waals surface area contributed by atoms with Crippen molar-refractivity contribution in [1.29, 1.82) is 0 Å². The summed E-state index contributed by atoms with van der Waals surface area (Å²) in [4.78, 5) is 29.8. The summed E-state index contributed by atoms with van der Waals surface area (Å²) >= 11 is 2.90. The summed E-state index contributed by atoms with van der Waals surface area (Å²) in [6, 6.07) is 8.97. The van der Waals surface area contributed by atoms with Crippen LogP contribution in [0.15, 0.2) is 35.7 Å². The Kier molecular flexibility index (Phi) is 5.02. The number of benzene rings is 1. The third-order valence-corrected chi connectivity index (χ3v) is 6.25. The number of hydrogen-bond acceptors (Lipinski definition) is 7. The molecule has 0 spiro atoms. The first kappa shape index (κ1) is 17.8. The number of carboxylic acids is 1. The van der Waals surface area contributed by atoms with E-state index in [-0.39, 0.29) is 12.4 Å². The lowest BCUT2D eigenvalue weighted by Crippen LogP contribution is -2.21. The molecular weight excluding hydrogens is 384 g/mol. The number of fused-ring (bicyclic) bond motifs is 1. The largest absolute Gasteiger partial charge is 0.482 e. The Labute approximate surface area is 163 Å². The predicted octanol–water partition coefficient (Wildman–Crippen LogP) is 3.21. The molecule has 1 aromatic carbocycles. The SMILES string of the molecule is O=C(O)COc1ccc(-c2csc(C(=O)c3cc4c(s3)CCNC4)n2)cc1. The molecule has 4 rings (SSSR count). The molecule has 0 saturated heterocycles. The third-order valence-electron chi connectivity index (χ3n) is 4.18. The van der Waals surface area contributed by atoms with Gasteiger partial charge in [0.25, 0.3) is 0 Å². The van der Waals surface area contributed by atoms with Crippen molar-refractivity contribution in [2.75, 3.05) is 13.2 Å². The van der Waals surface area contributed by atoms with E-state index in [0.29, 0.717) is 10.8 Å². The van der Waals surface area contributed by atoms with E-state index in [1.807, 2.05) is 11.4 Å². The number of ketones is 1. The van der Waals surface area contributed by atoms with E-state index >= 15 is 0 Å². The highest BCUT2D eigenvalue weighted by molar-refractivity contribution is 7.16. The number of aromatic nitrogens is 1. The number of thiophene rings is 1. The van der Waals surface area contributed by atoms with Gasteiger partial charge in [0, 0.05) is 28.9 Å². The fraction of sp³-hybridized carbons (Fsp3) is 0.211. The topological polar surface area (TPSA) is 88.5 Å². The van der Waals surface area contributed by atoms with Crippen LogP contribution in [0.4, 0.5) is 0 Å². The number of nitrogens with one attached hydrogen (secondary N) is 1. The van der Waals surface area contributed by atoms with Gasteiger partial charge < -0.3 is 15.2 Å². The zero-order chi connectivity index (χ0) is 18.8. The molecule has 0 amide bonds. The molecule has 0 unspecified atom stereocenters. The summed E-state index contributed by atoms with van der Waals surface area (Å²) in [7, 11) is 0. The van der Waals surface area contributed by atoms with Crippen LogP contribution in [0.2, 0.25) is 0 Å². The van der Waals surface area contributed by atoms with Crippen molar-refractivity contribution < 1.29 is 19.4 Å². The average molecular weight is 400 g/mol. The lowest BCUT2D eigenvalue weighted by atomic mass is 10.1. The molecule has 6 nitrogen and oxygen atoms in total. The Morgan fingerprint density at radius 3 is 2.81 bits per heavy atom. The van der Waals surface area contributed by atoms with Crippen LogP contribution in [0.1, 0.15) is 25.1 Å². The summed E-state index contributed by atoms with van der Waals surface area (Å²) in [5, 5.41) is 14.3. The Bertz CT molecular complexity index is 968. The highest BCUT2D eigenvalue weighted by atomic mass is 32.1. The molecule has 1 aliphatic heterocycles. The van der Waals surface area contributed by atoms with E-state index in [2.05, 4.69) is 10.3 Å². The maximum Gasteiger partial charge on any atom is 0.341 e. The molecule has 0 radical (unpaired) electrons. The van der Waals surface area contributed by atoms with Gasteiger partial charge >= 0.3 is 5.97 Å². The monoisotopic (exact) mass is 400 g/mol. The molecule has 0 aliphatic carbocycles. The molecule has 138 valence electrons. The molecule has 0 bridgehead atoms. The number of carbonyl (C=O) groups excluding carboxylic acids is 1. The molecule has 1 aliphatic rings. The standard InChI is InChI=1S/C19H16N2O4S2/c22-17(23)9-25-13-3-1-11(2-4-13)14-10-26-19(21-14)18(24)16-7-12-8-20-6-5-15(12)27-16/h1-4,7,10,20H,5-6,8-9H2,(H,22,23). The lowest BCUT2D eigenvalue weighted by molar-refractivity contribution is -0.139. The maximum atomic E-state index is 12.8. The Morgan fingerprint density at radius 1 is 1.26 bits per heavy atom. The Balaban J connectivity index is 1.50. The highest BCUT2D eigenvalue weighted by Gasteiger charge is 2.20. The zero-order valence-corrected chi connectivity index (χ0v) is 15.9. The van der Waals surface area contributed by atoms with Crippen molar-refractivity contribution in [3.63, 3.8) is 0 Å². The molecule has 2 aromatic heterocycles. The zero-order valence-electron chi connectivity index (χ0n) is 14.2. The van der Waals surface area contributed by atoms with Gasteiger partial charge in [0.1, 0.15) is 5.75 Å². The van der Waals surface area contributed by atoms with Crippen LogP contribution in [0.3, 0.4) is 0 Å². The number of ether oxygens (including phenoxy) is 1. The number of carbonyl (C=O) groups is 2. The second kappa shape index (κ2) is 7.59. The van der Waals surface area contributed by atoms with Crippen LogP contribution in [0, 0.1) is 0 Å². The van der Waals surface area contributed by atoms with E-state index < -0.39 is 5.97 Å². The summed E-state index contributed by atoms with van der Waals surface area (Å²) in [5.74, 6) is -0.578. The van der Waals surface area contributed by atoms with Crippen LogP contribution in [-0.4, -0.2) is 35.0 Å². The van der Waals surface area contributed by atoms with Gasteiger partial charge in [0.15, 0.2) is 11.6 Å². The summed E-state index contributed by atoms with van der Waals surface area (Å²) in [5.41, 5.74) is 2.78. The number of hydrogen-bond donors (Lipinski definition) is 2. The van der Waals surface area contributed by atoms with Crippen molar-refractivity contribution in [1.82, 2.24) is 10.3 Å². The number of thiazole rings is 1. The average Bonchev–Trinajstić information content (AvgIpc) is 3.33. The molecular formula is C19H16N2O4S2. The number of aliphatic carboxylic acids is 1. The molecule has 3 aromatic rings. The second-order valence-corrected chi connectivity index (χ2v) is 8.05. The van der Waals surface area contributed by atoms with E-state index in [0.717, 1.165) is 35.6 Å². The Morgan fingerprint density at radius 2 is 2.07 bits per heavy atom. The molecule has 2 N–H and O–H groups in total. The van der Waals surface area contributed by atoms with Crippen LogP contribution < -0.4 is 10.1 Å². The van der Waals surface area contributed by atoms with Gasteiger partial charge in [0.05, 0.1) is 10.6 Å². The molecule has 0 atom stereocenters. The number of carboxylic acid groups (broad SMARTS) is 1. The van der Waals surface area contributed by atoms with Crippen LogP contribution in [0.5, 0.6) is 5.75 Å². The van der Waals surface area contributed by atoms with Gasteiger partial charge in [0.2, 0.25) is 5.78 Å². The molecule has 0 fully saturated rings. The van der Waals surface area contributed by atoms with Gasteiger partial charge in [-0.2, -0.15) is 0 Å². The molecule has 0 saturated carbocycles. The maximum absolute atomic E-state index is 12.8.